The Morgan fingerprint density at radius 2 is 1.86 bits per heavy atom. The number of amides is 1. The van der Waals surface area contributed by atoms with Crippen LogP contribution in [0.5, 0.6) is 11.5 Å². The van der Waals surface area contributed by atoms with E-state index in [4.69, 9.17) is 14.2 Å². The van der Waals surface area contributed by atoms with E-state index in [1.54, 1.807) is 29.4 Å². The van der Waals surface area contributed by atoms with Crippen LogP contribution in [-0.4, -0.2) is 57.1 Å². The van der Waals surface area contributed by atoms with Crippen molar-refractivity contribution >= 4 is 33.3 Å². The summed E-state index contributed by atoms with van der Waals surface area (Å²) in [6.07, 6.45) is 2.01. The maximum Gasteiger partial charge on any atom is 0.238 e. The van der Waals surface area contributed by atoms with Gasteiger partial charge in [0, 0.05) is 37.1 Å². The molecule has 0 radical (unpaired) electrons. The van der Waals surface area contributed by atoms with Gasteiger partial charge in [-0.05, 0) is 47.2 Å². The lowest BCUT2D eigenvalue weighted by molar-refractivity contribution is -0.132. The summed E-state index contributed by atoms with van der Waals surface area (Å²) in [7, 11) is -2.29. The van der Waals surface area contributed by atoms with E-state index in [0.29, 0.717) is 37.6 Å². The number of carbonyl (C=O) groups is 1. The second-order valence-corrected chi connectivity index (χ2v) is 11.3. The molecule has 2 aromatic carbocycles. The van der Waals surface area contributed by atoms with Gasteiger partial charge in [-0.3, -0.25) is 4.79 Å². The first kappa shape index (κ1) is 26.9. The van der Waals surface area contributed by atoms with Gasteiger partial charge in [-0.1, -0.05) is 42.5 Å². The van der Waals surface area contributed by atoms with Crippen molar-refractivity contribution in [2.75, 3.05) is 33.6 Å². The number of methoxy groups -OCH3 is 1. The van der Waals surface area contributed by atoms with Gasteiger partial charge < -0.3 is 19.1 Å². The minimum absolute atomic E-state index is 0.165. The fourth-order valence-electron chi connectivity index (χ4n) is 3.83. The molecule has 8 nitrogen and oxygen atoms in total. The van der Waals surface area contributed by atoms with Gasteiger partial charge in [0.15, 0.2) is 11.5 Å². The smallest absolute Gasteiger partial charge is 0.238 e. The predicted octanol–water partition coefficient (Wildman–Crippen LogP) is 4.34. The second kappa shape index (κ2) is 12.9. The molecular formula is C27H30N2O6S2. The summed E-state index contributed by atoms with van der Waals surface area (Å²) < 4.78 is 43.7. The van der Waals surface area contributed by atoms with Gasteiger partial charge in [0.2, 0.25) is 22.7 Å². The van der Waals surface area contributed by atoms with Crippen molar-refractivity contribution in [2.24, 2.45) is 0 Å². The quantitative estimate of drug-likeness (QED) is 0.299. The molecule has 1 aliphatic heterocycles. The number of sulfonamides is 1. The number of ether oxygens (including phenoxy) is 3. The van der Waals surface area contributed by atoms with Crippen LogP contribution in [0.15, 0.2) is 71.5 Å². The zero-order valence-electron chi connectivity index (χ0n) is 20.6. The van der Waals surface area contributed by atoms with E-state index in [9.17, 15) is 13.2 Å². The first-order valence-corrected chi connectivity index (χ1v) is 14.2. The molecule has 0 saturated carbocycles. The van der Waals surface area contributed by atoms with Crippen LogP contribution in [-0.2, 0) is 32.6 Å². The lowest BCUT2D eigenvalue weighted by atomic mass is 10.2. The SMILES string of the molecule is COCCCN(CC(=O)N(Cc1ccc2c(c1)OCO2)Cc1cccs1)S(=O)(=O)/C=C/c1ccccc1. The molecule has 1 aliphatic rings. The number of hydrogen-bond acceptors (Lipinski definition) is 7. The molecule has 0 atom stereocenters. The molecule has 1 amide bonds. The summed E-state index contributed by atoms with van der Waals surface area (Å²) in [4.78, 5) is 16.3. The summed E-state index contributed by atoms with van der Waals surface area (Å²) in [5.74, 6) is 1.01. The zero-order chi connectivity index (χ0) is 26.1. The second-order valence-electron chi connectivity index (χ2n) is 8.46. The highest BCUT2D eigenvalue weighted by atomic mass is 32.2. The van der Waals surface area contributed by atoms with Crippen molar-refractivity contribution in [1.82, 2.24) is 9.21 Å². The monoisotopic (exact) mass is 542 g/mol. The van der Waals surface area contributed by atoms with E-state index >= 15 is 0 Å². The van der Waals surface area contributed by atoms with Gasteiger partial charge in [-0.25, -0.2) is 8.42 Å². The van der Waals surface area contributed by atoms with Gasteiger partial charge in [0.1, 0.15) is 0 Å². The molecule has 0 bridgehead atoms. The number of nitrogens with zero attached hydrogens (tertiary/aromatic N) is 2. The van der Waals surface area contributed by atoms with Gasteiger partial charge in [-0.2, -0.15) is 4.31 Å². The van der Waals surface area contributed by atoms with Crippen molar-refractivity contribution in [1.29, 1.82) is 0 Å². The van der Waals surface area contributed by atoms with E-state index < -0.39 is 10.0 Å². The molecule has 0 aliphatic carbocycles. The Labute approximate surface area is 221 Å². The highest BCUT2D eigenvalue weighted by Gasteiger charge is 2.26. The van der Waals surface area contributed by atoms with E-state index in [1.165, 1.54) is 4.31 Å². The number of thiophene rings is 1. The topological polar surface area (TPSA) is 85.4 Å². The van der Waals surface area contributed by atoms with Gasteiger partial charge in [0.25, 0.3) is 0 Å². The predicted molar refractivity (Wildman–Crippen MR) is 144 cm³/mol. The standard InChI is InChI=1S/C27H30N2O6S2/c1-33-14-6-13-29(37(31,32)16-12-22-7-3-2-4-8-22)20-27(30)28(19-24-9-5-15-36-24)18-23-10-11-25-26(17-23)35-21-34-25/h2-5,7-12,15-17H,6,13-14,18-21H2,1H3/b16-12+. The van der Waals surface area contributed by atoms with E-state index in [0.717, 1.165) is 21.4 Å². The molecule has 37 heavy (non-hydrogen) atoms. The Balaban J connectivity index is 1.54. The largest absolute Gasteiger partial charge is 0.454 e. The van der Waals surface area contributed by atoms with Crippen molar-refractivity contribution in [2.45, 2.75) is 19.5 Å². The van der Waals surface area contributed by atoms with Gasteiger partial charge in [-0.15, -0.1) is 11.3 Å². The third-order valence-electron chi connectivity index (χ3n) is 5.75. The maximum absolute atomic E-state index is 13.6. The Morgan fingerprint density at radius 3 is 2.62 bits per heavy atom. The van der Waals surface area contributed by atoms with E-state index in [2.05, 4.69) is 0 Å². The molecule has 4 rings (SSSR count). The van der Waals surface area contributed by atoms with Crippen LogP contribution in [0.2, 0.25) is 0 Å². The van der Waals surface area contributed by atoms with Crippen LogP contribution >= 0.6 is 11.3 Å². The highest BCUT2D eigenvalue weighted by molar-refractivity contribution is 7.92. The molecule has 3 aromatic rings. The fourth-order valence-corrected chi connectivity index (χ4v) is 5.72. The van der Waals surface area contributed by atoms with Crippen LogP contribution in [0.4, 0.5) is 0 Å². The molecule has 196 valence electrons. The number of hydrogen-bond donors (Lipinski definition) is 0. The molecule has 2 heterocycles. The molecule has 0 N–H and O–H groups in total. The number of fused-ring (bicyclic) bond motifs is 1. The molecule has 10 heteroatoms. The third-order valence-corrected chi connectivity index (χ3v) is 8.12. The van der Waals surface area contributed by atoms with Crippen molar-refractivity contribution in [3.8, 4) is 11.5 Å². The Morgan fingerprint density at radius 1 is 1.05 bits per heavy atom. The lowest BCUT2D eigenvalue weighted by Crippen LogP contribution is -2.42. The first-order chi connectivity index (χ1) is 17.9. The molecule has 1 aromatic heterocycles. The molecular weight excluding hydrogens is 512 g/mol. The summed E-state index contributed by atoms with van der Waals surface area (Å²) in [6.45, 7) is 1.12. The summed E-state index contributed by atoms with van der Waals surface area (Å²) >= 11 is 1.55. The zero-order valence-corrected chi connectivity index (χ0v) is 22.2. The Bertz CT molecular complexity index is 1290. The normalized spacial score (nSPS) is 12.9. The van der Waals surface area contributed by atoms with Crippen molar-refractivity contribution in [3.63, 3.8) is 0 Å². The minimum atomic E-state index is -3.86. The number of benzene rings is 2. The van der Waals surface area contributed by atoms with E-state index in [-0.39, 0.29) is 25.8 Å². The number of carbonyl (C=O) groups excluding carboxylic acids is 1. The average Bonchev–Trinajstić information content (AvgIpc) is 3.59. The van der Waals surface area contributed by atoms with Crippen molar-refractivity contribution in [3.05, 3.63) is 87.5 Å². The van der Waals surface area contributed by atoms with Gasteiger partial charge in [0.05, 0.1) is 13.1 Å². The van der Waals surface area contributed by atoms with Crippen LogP contribution in [0.25, 0.3) is 6.08 Å². The molecule has 0 fully saturated rings. The highest BCUT2D eigenvalue weighted by Crippen LogP contribution is 2.33. The van der Waals surface area contributed by atoms with Crippen LogP contribution in [0, 0.1) is 0 Å². The van der Waals surface area contributed by atoms with Gasteiger partial charge >= 0.3 is 0 Å². The first-order valence-electron chi connectivity index (χ1n) is 11.9. The maximum atomic E-state index is 13.6. The van der Waals surface area contributed by atoms with E-state index in [1.807, 2.05) is 66.0 Å². The molecule has 0 spiro atoms. The summed E-state index contributed by atoms with van der Waals surface area (Å²) in [6, 6.07) is 18.6. The Kier molecular flexibility index (Phi) is 9.34. The molecule has 0 saturated heterocycles. The van der Waals surface area contributed by atoms with Crippen molar-refractivity contribution < 1.29 is 27.4 Å². The molecule has 0 unspecified atom stereocenters. The Hall–Kier alpha value is -3.18. The third kappa shape index (κ3) is 7.65. The average molecular weight is 543 g/mol. The summed E-state index contributed by atoms with van der Waals surface area (Å²) in [5.41, 5.74) is 1.63. The summed E-state index contributed by atoms with van der Waals surface area (Å²) in [5, 5.41) is 3.11. The minimum Gasteiger partial charge on any atom is -0.454 e. The van der Waals surface area contributed by atoms with Crippen LogP contribution in [0.3, 0.4) is 0 Å². The van der Waals surface area contributed by atoms with Crippen LogP contribution < -0.4 is 9.47 Å². The number of rotatable bonds is 13. The fraction of sp³-hybridized carbons (Fsp3) is 0.296. The lowest BCUT2D eigenvalue weighted by Gasteiger charge is -2.26. The van der Waals surface area contributed by atoms with Crippen LogP contribution in [0.1, 0.15) is 22.4 Å².